The van der Waals surface area contributed by atoms with E-state index < -0.39 is 0 Å². The molecule has 0 unspecified atom stereocenters. The third-order valence-corrected chi connectivity index (χ3v) is 5.80. The molecule has 0 atom stereocenters. The Morgan fingerprint density at radius 3 is 2.43 bits per heavy atom. The zero-order chi connectivity index (χ0) is 21.0. The third-order valence-electron chi connectivity index (χ3n) is 5.80. The Bertz CT molecular complexity index is 617. The van der Waals surface area contributed by atoms with Crippen molar-refractivity contribution in [3.05, 3.63) is 11.6 Å². The molecule has 0 aliphatic heterocycles. The standard InChI is InChI=1S/C21H40N6O2.HI/c1-5-28-14-9-13-22-20(23-16-19-26-25-18(3)27(19)4)24-17-21(10-7-8-11-21)12-15-29-6-2;/h5-17H2,1-4H3,(H2,22,23,24);1H. The summed E-state index contributed by atoms with van der Waals surface area (Å²) in [7, 11) is 1.98. The van der Waals surface area contributed by atoms with E-state index in [9.17, 15) is 0 Å². The van der Waals surface area contributed by atoms with Gasteiger partial charge in [-0.1, -0.05) is 12.8 Å². The maximum atomic E-state index is 5.65. The minimum atomic E-state index is 0. The van der Waals surface area contributed by atoms with Crippen LogP contribution in [0.15, 0.2) is 4.99 Å². The molecule has 0 radical (unpaired) electrons. The molecule has 1 saturated carbocycles. The van der Waals surface area contributed by atoms with Crippen LogP contribution in [0.1, 0.15) is 64.0 Å². The molecule has 1 aliphatic carbocycles. The summed E-state index contributed by atoms with van der Waals surface area (Å²) in [6.45, 7) is 11.4. The number of nitrogens with one attached hydrogen (secondary N) is 2. The fourth-order valence-corrected chi connectivity index (χ4v) is 3.78. The number of nitrogens with zero attached hydrogens (tertiary/aromatic N) is 4. The summed E-state index contributed by atoms with van der Waals surface area (Å²) >= 11 is 0. The lowest BCUT2D eigenvalue weighted by atomic mass is 9.83. The second kappa shape index (κ2) is 15.0. The minimum Gasteiger partial charge on any atom is -0.382 e. The molecule has 0 bridgehead atoms. The van der Waals surface area contributed by atoms with Gasteiger partial charge in [-0.15, -0.1) is 34.2 Å². The van der Waals surface area contributed by atoms with Gasteiger partial charge in [0.15, 0.2) is 11.8 Å². The Morgan fingerprint density at radius 1 is 1.10 bits per heavy atom. The van der Waals surface area contributed by atoms with Crippen LogP contribution in [0, 0.1) is 12.3 Å². The van der Waals surface area contributed by atoms with Gasteiger partial charge < -0.3 is 24.7 Å². The van der Waals surface area contributed by atoms with Crippen molar-refractivity contribution >= 4 is 29.9 Å². The Kier molecular flexibility index (Phi) is 13.5. The van der Waals surface area contributed by atoms with Crippen LogP contribution in [-0.2, 0) is 23.1 Å². The van der Waals surface area contributed by atoms with Crippen molar-refractivity contribution in [2.24, 2.45) is 17.5 Å². The second-order valence-electron chi connectivity index (χ2n) is 7.87. The van der Waals surface area contributed by atoms with Crippen molar-refractivity contribution in [3.8, 4) is 0 Å². The van der Waals surface area contributed by atoms with Crippen molar-refractivity contribution < 1.29 is 9.47 Å². The first-order valence-corrected chi connectivity index (χ1v) is 11.1. The van der Waals surface area contributed by atoms with Gasteiger partial charge >= 0.3 is 0 Å². The molecule has 1 aliphatic rings. The lowest BCUT2D eigenvalue weighted by Crippen LogP contribution is -2.44. The molecule has 1 fully saturated rings. The van der Waals surface area contributed by atoms with Gasteiger partial charge in [-0.05, 0) is 51.9 Å². The topological polar surface area (TPSA) is 85.6 Å². The predicted molar refractivity (Wildman–Crippen MR) is 131 cm³/mol. The van der Waals surface area contributed by atoms with Crippen LogP contribution in [-0.4, -0.2) is 60.2 Å². The molecule has 0 spiro atoms. The lowest BCUT2D eigenvalue weighted by Gasteiger charge is -2.30. The SMILES string of the molecule is CCOCCCNC(=NCc1nnc(C)n1C)NCC1(CCOCC)CCCC1.I. The number of aryl methyl sites for hydroxylation is 1. The van der Waals surface area contributed by atoms with Gasteiger partial charge in [0.05, 0.1) is 0 Å². The molecule has 1 aromatic heterocycles. The molecule has 2 N–H and O–H groups in total. The van der Waals surface area contributed by atoms with Gasteiger partial charge in [-0.25, -0.2) is 4.99 Å². The second-order valence-corrected chi connectivity index (χ2v) is 7.87. The van der Waals surface area contributed by atoms with Gasteiger partial charge in [0.25, 0.3) is 0 Å². The third kappa shape index (κ3) is 9.05. The molecule has 9 heteroatoms. The van der Waals surface area contributed by atoms with Crippen molar-refractivity contribution in [3.63, 3.8) is 0 Å². The highest BCUT2D eigenvalue weighted by Crippen LogP contribution is 2.40. The number of guanidine groups is 1. The maximum Gasteiger partial charge on any atom is 0.191 e. The molecule has 0 aromatic carbocycles. The van der Waals surface area contributed by atoms with Crippen LogP contribution < -0.4 is 10.6 Å². The number of halogens is 1. The number of hydrogen-bond donors (Lipinski definition) is 2. The maximum absolute atomic E-state index is 5.65. The monoisotopic (exact) mass is 536 g/mol. The summed E-state index contributed by atoms with van der Waals surface area (Å²) in [4.78, 5) is 4.77. The molecule has 2 rings (SSSR count). The van der Waals surface area contributed by atoms with Gasteiger partial charge in [0, 0.05) is 46.6 Å². The van der Waals surface area contributed by atoms with Crippen LogP contribution >= 0.6 is 24.0 Å². The number of aromatic nitrogens is 3. The highest BCUT2D eigenvalue weighted by atomic mass is 127. The van der Waals surface area contributed by atoms with Crippen LogP contribution in [0.25, 0.3) is 0 Å². The fourth-order valence-electron chi connectivity index (χ4n) is 3.78. The van der Waals surface area contributed by atoms with Crippen LogP contribution in [0.5, 0.6) is 0 Å². The van der Waals surface area contributed by atoms with E-state index in [1.807, 2.05) is 25.5 Å². The first kappa shape index (κ1) is 27.1. The van der Waals surface area contributed by atoms with Crippen LogP contribution in [0.3, 0.4) is 0 Å². The summed E-state index contributed by atoms with van der Waals surface area (Å²) in [6.07, 6.45) is 7.18. The average molecular weight is 537 g/mol. The molecule has 0 saturated heterocycles. The molecular formula is C21H41IN6O2. The lowest BCUT2D eigenvalue weighted by molar-refractivity contribution is 0.105. The molecular weight excluding hydrogens is 495 g/mol. The van der Waals surface area contributed by atoms with E-state index in [2.05, 4.69) is 27.8 Å². The van der Waals surface area contributed by atoms with Crippen molar-refractivity contribution in [2.75, 3.05) is 39.5 Å². The zero-order valence-corrected chi connectivity index (χ0v) is 21.5. The minimum absolute atomic E-state index is 0. The summed E-state index contributed by atoms with van der Waals surface area (Å²) in [5.74, 6) is 2.60. The normalized spacial score (nSPS) is 15.8. The summed E-state index contributed by atoms with van der Waals surface area (Å²) in [6, 6.07) is 0. The first-order chi connectivity index (χ1) is 14.1. The van der Waals surface area contributed by atoms with Crippen LogP contribution in [0.4, 0.5) is 0 Å². The Hall–Kier alpha value is -0.940. The number of aliphatic imine (C=N–C) groups is 1. The molecule has 30 heavy (non-hydrogen) atoms. The van der Waals surface area contributed by atoms with E-state index >= 15 is 0 Å². The van der Waals surface area contributed by atoms with Gasteiger partial charge in [0.1, 0.15) is 12.4 Å². The summed E-state index contributed by atoms with van der Waals surface area (Å²) < 4.78 is 13.1. The Balaban J connectivity index is 0.00000450. The van der Waals surface area contributed by atoms with Gasteiger partial charge in [0.2, 0.25) is 0 Å². The van der Waals surface area contributed by atoms with E-state index in [-0.39, 0.29) is 24.0 Å². The first-order valence-electron chi connectivity index (χ1n) is 11.1. The van der Waals surface area contributed by atoms with Gasteiger partial charge in [-0.3, -0.25) is 0 Å². The summed E-state index contributed by atoms with van der Waals surface area (Å²) in [5, 5.41) is 15.4. The van der Waals surface area contributed by atoms with Gasteiger partial charge in [-0.2, -0.15) is 0 Å². The smallest absolute Gasteiger partial charge is 0.191 e. The fraction of sp³-hybridized carbons (Fsp3) is 0.857. The zero-order valence-electron chi connectivity index (χ0n) is 19.2. The molecule has 1 aromatic rings. The van der Waals surface area contributed by atoms with E-state index in [1.54, 1.807) is 0 Å². The molecule has 0 amide bonds. The predicted octanol–water partition coefficient (Wildman–Crippen LogP) is 3.19. The molecule has 1 heterocycles. The molecule has 8 nitrogen and oxygen atoms in total. The summed E-state index contributed by atoms with van der Waals surface area (Å²) in [5.41, 5.74) is 0.310. The highest BCUT2D eigenvalue weighted by Gasteiger charge is 2.33. The number of ether oxygens (including phenoxy) is 2. The van der Waals surface area contributed by atoms with E-state index in [4.69, 9.17) is 14.5 Å². The molecule has 174 valence electrons. The Labute approximate surface area is 199 Å². The van der Waals surface area contributed by atoms with Crippen LogP contribution in [0.2, 0.25) is 0 Å². The highest BCUT2D eigenvalue weighted by molar-refractivity contribution is 14.0. The number of rotatable bonds is 13. The Morgan fingerprint density at radius 2 is 1.80 bits per heavy atom. The van der Waals surface area contributed by atoms with E-state index in [1.165, 1.54) is 25.7 Å². The quantitative estimate of drug-likeness (QED) is 0.174. The number of hydrogen-bond acceptors (Lipinski definition) is 5. The van der Waals surface area contributed by atoms with Crippen molar-refractivity contribution in [1.82, 2.24) is 25.4 Å². The average Bonchev–Trinajstić information content (AvgIpc) is 3.31. The van der Waals surface area contributed by atoms with E-state index in [0.717, 1.165) is 70.0 Å². The largest absolute Gasteiger partial charge is 0.382 e. The van der Waals surface area contributed by atoms with Crippen molar-refractivity contribution in [2.45, 2.75) is 65.8 Å². The van der Waals surface area contributed by atoms with Crippen molar-refractivity contribution in [1.29, 1.82) is 0 Å². The van der Waals surface area contributed by atoms with E-state index in [0.29, 0.717) is 12.0 Å².